The Kier molecular flexibility index (Phi) is 2.95. The number of pyridine rings is 1. The van der Waals surface area contributed by atoms with E-state index >= 15 is 0 Å². The Morgan fingerprint density at radius 3 is 2.90 bits per heavy atom. The van der Waals surface area contributed by atoms with Crippen LogP contribution in [0, 0.1) is 12.7 Å². The van der Waals surface area contributed by atoms with E-state index in [9.17, 15) is 4.39 Å². The molecule has 5 heteroatoms. The van der Waals surface area contributed by atoms with E-state index in [0.717, 1.165) is 22.5 Å². The van der Waals surface area contributed by atoms with E-state index in [1.54, 1.807) is 24.8 Å². The Hall–Kier alpha value is -2.69. The molecular formula is C15H13FN4. The van der Waals surface area contributed by atoms with Crippen LogP contribution in [0.3, 0.4) is 0 Å². The summed E-state index contributed by atoms with van der Waals surface area (Å²) in [6, 6.07) is 8.33. The molecule has 2 N–H and O–H groups in total. The van der Waals surface area contributed by atoms with Gasteiger partial charge in [0, 0.05) is 11.8 Å². The zero-order chi connectivity index (χ0) is 14.1. The van der Waals surface area contributed by atoms with Gasteiger partial charge in [-0.1, -0.05) is 6.07 Å². The average Bonchev–Trinajstić information content (AvgIpc) is 2.91. The summed E-state index contributed by atoms with van der Waals surface area (Å²) in [6.07, 6.45) is 4.97. The minimum absolute atomic E-state index is 0.288. The van der Waals surface area contributed by atoms with Crippen molar-refractivity contribution in [3.05, 3.63) is 60.4 Å². The quantitative estimate of drug-likeness (QED) is 0.777. The topological polar surface area (TPSA) is 56.7 Å². The van der Waals surface area contributed by atoms with Gasteiger partial charge in [0.15, 0.2) is 0 Å². The number of aromatic nitrogens is 3. The van der Waals surface area contributed by atoms with Gasteiger partial charge in [-0.3, -0.25) is 4.57 Å². The van der Waals surface area contributed by atoms with Gasteiger partial charge in [0.05, 0.1) is 23.9 Å². The maximum atomic E-state index is 13.5. The van der Waals surface area contributed by atoms with E-state index in [4.69, 9.17) is 5.73 Å². The summed E-state index contributed by atoms with van der Waals surface area (Å²) in [5, 5.41) is 0. The molecule has 0 bridgehead atoms. The first-order chi connectivity index (χ1) is 9.66. The molecule has 4 nitrogen and oxygen atoms in total. The number of nitrogen functional groups attached to an aromatic ring is 1. The molecule has 3 aromatic rings. The Morgan fingerprint density at radius 2 is 2.10 bits per heavy atom. The smallest absolute Gasteiger partial charge is 0.132 e. The van der Waals surface area contributed by atoms with Crippen molar-refractivity contribution >= 4 is 5.82 Å². The van der Waals surface area contributed by atoms with Gasteiger partial charge in [-0.05, 0) is 36.8 Å². The lowest BCUT2D eigenvalue weighted by molar-refractivity contribution is 0.626. The summed E-state index contributed by atoms with van der Waals surface area (Å²) in [7, 11) is 0. The fourth-order valence-electron chi connectivity index (χ4n) is 2.16. The molecular weight excluding hydrogens is 255 g/mol. The molecule has 0 spiro atoms. The van der Waals surface area contributed by atoms with Crippen molar-refractivity contribution in [2.45, 2.75) is 6.92 Å². The number of aryl methyl sites for hydroxylation is 1. The van der Waals surface area contributed by atoms with Gasteiger partial charge >= 0.3 is 0 Å². The third kappa shape index (κ3) is 2.03. The molecule has 20 heavy (non-hydrogen) atoms. The van der Waals surface area contributed by atoms with Gasteiger partial charge in [-0.15, -0.1) is 0 Å². The van der Waals surface area contributed by atoms with Gasteiger partial charge < -0.3 is 5.73 Å². The third-order valence-electron chi connectivity index (χ3n) is 3.18. The van der Waals surface area contributed by atoms with Crippen LogP contribution in [0.4, 0.5) is 10.2 Å². The molecule has 0 aliphatic carbocycles. The lowest BCUT2D eigenvalue weighted by Gasteiger charge is -2.12. The number of rotatable bonds is 2. The zero-order valence-corrected chi connectivity index (χ0v) is 10.9. The van der Waals surface area contributed by atoms with E-state index in [1.165, 1.54) is 12.1 Å². The number of hydrogen-bond acceptors (Lipinski definition) is 3. The van der Waals surface area contributed by atoms with Gasteiger partial charge in [0.2, 0.25) is 0 Å². The van der Waals surface area contributed by atoms with E-state index in [2.05, 4.69) is 9.97 Å². The second kappa shape index (κ2) is 4.77. The van der Waals surface area contributed by atoms with Gasteiger partial charge in [-0.25, -0.2) is 14.4 Å². The second-order valence-electron chi connectivity index (χ2n) is 4.52. The van der Waals surface area contributed by atoms with Gasteiger partial charge in [0.1, 0.15) is 11.6 Å². The summed E-state index contributed by atoms with van der Waals surface area (Å²) in [5.74, 6) is 0.132. The summed E-state index contributed by atoms with van der Waals surface area (Å²) >= 11 is 0. The standard InChI is InChI=1S/C15H13FN4/c1-10-4-5-11(16)7-13(10)20-9-18-8-14(20)12-3-2-6-19-15(12)17/h2-9H,1H3,(H2,17,19). The van der Waals surface area contributed by atoms with Crippen LogP contribution in [-0.2, 0) is 0 Å². The highest BCUT2D eigenvalue weighted by Crippen LogP contribution is 2.27. The fraction of sp³-hybridized carbons (Fsp3) is 0.0667. The summed E-state index contributed by atoms with van der Waals surface area (Å²) in [4.78, 5) is 8.22. The molecule has 0 saturated carbocycles. The molecule has 3 rings (SSSR count). The number of anilines is 1. The average molecular weight is 268 g/mol. The van der Waals surface area contributed by atoms with Crippen molar-refractivity contribution in [2.75, 3.05) is 5.73 Å². The van der Waals surface area contributed by atoms with Crippen LogP contribution in [0.5, 0.6) is 0 Å². The first-order valence-electron chi connectivity index (χ1n) is 6.16. The van der Waals surface area contributed by atoms with Crippen LogP contribution >= 0.6 is 0 Å². The largest absolute Gasteiger partial charge is 0.383 e. The Labute approximate surface area is 115 Å². The van der Waals surface area contributed by atoms with Gasteiger partial charge in [-0.2, -0.15) is 0 Å². The summed E-state index contributed by atoms with van der Waals surface area (Å²) < 4.78 is 15.3. The van der Waals surface area contributed by atoms with Crippen molar-refractivity contribution < 1.29 is 4.39 Å². The van der Waals surface area contributed by atoms with Crippen molar-refractivity contribution in [3.63, 3.8) is 0 Å². The Morgan fingerprint density at radius 1 is 1.25 bits per heavy atom. The number of imidazole rings is 1. The SMILES string of the molecule is Cc1ccc(F)cc1-n1cncc1-c1cccnc1N. The van der Waals surface area contributed by atoms with Crippen molar-refractivity contribution in [2.24, 2.45) is 0 Å². The van der Waals surface area contributed by atoms with E-state index in [1.807, 2.05) is 23.6 Å². The lowest BCUT2D eigenvalue weighted by Crippen LogP contribution is -2.01. The number of nitrogens with zero attached hydrogens (tertiary/aromatic N) is 3. The maximum absolute atomic E-state index is 13.5. The molecule has 0 aliphatic rings. The molecule has 0 fully saturated rings. The van der Waals surface area contributed by atoms with Gasteiger partial charge in [0.25, 0.3) is 0 Å². The third-order valence-corrected chi connectivity index (χ3v) is 3.18. The monoisotopic (exact) mass is 268 g/mol. The van der Waals surface area contributed by atoms with Crippen LogP contribution in [0.1, 0.15) is 5.56 Å². The van der Waals surface area contributed by atoms with Crippen LogP contribution in [0.15, 0.2) is 49.1 Å². The molecule has 0 unspecified atom stereocenters. The molecule has 2 heterocycles. The Bertz CT molecular complexity index is 764. The first-order valence-corrected chi connectivity index (χ1v) is 6.16. The predicted molar refractivity (Wildman–Crippen MR) is 75.9 cm³/mol. The van der Waals surface area contributed by atoms with E-state index in [0.29, 0.717) is 5.82 Å². The molecule has 2 aromatic heterocycles. The summed E-state index contributed by atoms with van der Waals surface area (Å²) in [6.45, 7) is 1.92. The number of hydrogen-bond donors (Lipinski definition) is 1. The molecule has 0 radical (unpaired) electrons. The highest BCUT2D eigenvalue weighted by Gasteiger charge is 2.12. The fourth-order valence-corrected chi connectivity index (χ4v) is 2.16. The Balaban J connectivity index is 2.21. The molecule has 100 valence electrons. The molecule has 0 atom stereocenters. The van der Waals surface area contributed by atoms with Crippen molar-refractivity contribution in [1.29, 1.82) is 0 Å². The predicted octanol–water partition coefficient (Wildman–Crippen LogP) is 2.96. The lowest BCUT2D eigenvalue weighted by atomic mass is 10.1. The second-order valence-corrected chi connectivity index (χ2v) is 4.52. The highest BCUT2D eigenvalue weighted by molar-refractivity contribution is 5.72. The minimum Gasteiger partial charge on any atom is -0.383 e. The molecule has 1 aromatic carbocycles. The molecule has 0 saturated heterocycles. The van der Waals surface area contributed by atoms with Crippen LogP contribution in [-0.4, -0.2) is 14.5 Å². The highest BCUT2D eigenvalue weighted by atomic mass is 19.1. The maximum Gasteiger partial charge on any atom is 0.132 e. The van der Waals surface area contributed by atoms with Crippen LogP contribution < -0.4 is 5.73 Å². The van der Waals surface area contributed by atoms with E-state index < -0.39 is 0 Å². The normalized spacial score (nSPS) is 10.7. The van der Waals surface area contributed by atoms with Crippen LogP contribution in [0.25, 0.3) is 16.9 Å². The number of nitrogens with two attached hydrogens (primary N) is 1. The number of halogens is 1. The summed E-state index contributed by atoms with van der Waals surface area (Å²) in [5.41, 5.74) is 9.14. The van der Waals surface area contributed by atoms with Crippen molar-refractivity contribution in [3.8, 4) is 16.9 Å². The first kappa shape index (κ1) is 12.3. The van der Waals surface area contributed by atoms with E-state index in [-0.39, 0.29) is 5.82 Å². The molecule has 0 amide bonds. The van der Waals surface area contributed by atoms with Crippen LogP contribution in [0.2, 0.25) is 0 Å². The molecule has 0 aliphatic heterocycles. The number of benzene rings is 1. The van der Waals surface area contributed by atoms with Crippen molar-refractivity contribution in [1.82, 2.24) is 14.5 Å². The zero-order valence-electron chi connectivity index (χ0n) is 10.9. The minimum atomic E-state index is -0.288.